The van der Waals surface area contributed by atoms with Crippen LogP contribution in [0.5, 0.6) is 0 Å². The maximum atomic E-state index is 4.57. The van der Waals surface area contributed by atoms with Gasteiger partial charge in [0.15, 0.2) is 0 Å². The van der Waals surface area contributed by atoms with E-state index in [1.165, 1.54) is 36.5 Å². The van der Waals surface area contributed by atoms with Gasteiger partial charge in [-0.3, -0.25) is 0 Å². The number of rotatable bonds is 6. The van der Waals surface area contributed by atoms with Crippen molar-refractivity contribution in [2.45, 2.75) is 40.0 Å². The Bertz CT molecular complexity index is 339. The number of hydrogen-bond donors (Lipinski definition) is 1. The first-order valence-corrected chi connectivity index (χ1v) is 7.09. The Labute approximate surface area is 102 Å². The van der Waals surface area contributed by atoms with Crippen LogP contribution in [0, 0.1) is 18.3 Å². The van der Waals surface area contributed by atoms with Gasteiger partial charge in [-0.1, -0.05) is 13.8 Å². The minimum Gasteiger partial charge on any atom is -0.316 e. The van der Waals surface area contributed by atoms with Crippen molar-refractivity contribution in [2.75, 3.05) is 13.1 Å². The number of nitrogens with zero attached hydrogens (tertiary/aromatic N) is 1. The molecular formula is C13H22N2S. The van der Waals surface area contributed by atoms with E-state index < -0.39 is 0 Å². The zero-order chi connectivity index (χ0) is 11.6. The Morgan fingerprint density at radius 1 is 1.50 bits per heavy atom. The van der Waals surface area contributed by atoms with E-state index in [0.29, 0.717) is 5.41 Å². The zero-order valence-corrected chi connectivity index (χ0v) is 11.4. The second-order valence-corrected chi connectivity index (χ2v) is 6.62. The highest BCUT2D eigenvalue weighted by Crippen LogP contribution is 2.47. The van der Waals surface area contributed by atoms with E-state index in [1.54, 1.807) is 11.3 Å². The molecule has 1 aliphatic rings. The second kappa shape index (κ2) is 4.84. The van der Waals surface area contributed by atoms with Gasteiger partial charge >= 0.3 is 0 Å². The standard InChI is InChI=1S/C13H22N2S/c1-10(2)7-14-9-13(4-5-13)6-12-8-16-11(3)15-12/h8,10,14H,4-7,9H2,1-3H3. The summed E-state index contributed by atoms with van der Waals surface area (Å²) < 4.78 is 0. The number of aromatic nitrogens is 1. The summed E-state index contributed by atoms with van der Waals surface area (Å²) in [6.45, 7) is 8.91. The largest absolute Gasteiger partial charge is 0.316 e. The summed E-state index contributed by atoms with van der Waals surface area (Å²) in [5, 5.41) is 7.01. The van der Waals surface area contributed by atoms with Crippen LogP contribution in [0.2, 0.25) is 0 Å². The molecule has 0 unspecified atom stereocenters. The highest BCUT2D eigenvalue weighted by molar-refractivity contribution is 7.09. The second-order valence-electron chi connectivity index (χ2n) is 5.56. The van der Waals surface area contributed by atoms with Crippen molar-refractivity contribution in [3.63, 3.8) is 0 Å². The molecule has 1 N–H and O–H groups in total. The van der Waals surface area contributed by atoms with Gasteiger partial charge < -0.3 is 5.32 Å². The van der Waals surface area contributed by atoms with Crippen molar-refractivity contribution in [3.05, 3.63) is 16.1 Å². The first-order valence-electron chi connectivity index (χ1n) is 6.21. The van der Waals surface area contributed by atoms with E-state index in [1.807, 2.05) is 0 Å². The normalized spacial score (nSPS) is 18.0. The van der Waals surface area contributed by atoms with Crippen molar-refractivity contribution < 1.29 is 0 Å². The molecule has 0 bridgehead atoms. The minimum absolute atomic E-state index is 0.537. The minimum atomic E-state index is 0.537. The third-order valence-corrected chi connectivity index (χ3v) is 4.05. The summed E-state index contributed by atoms with van der Waals surface area (Å²) in [6, 6.07) is 0. The van der Waals surface area contributed by atoms with Crippen molar-refractivity contribution >= 4 is 11.3 Å². The van der Waals surface area contributed by atoms with Gasteiger partial charge in [-0.25, -0.2) is 4.98 Å². The predicted molar refractivity (Wildman–Crippen MR) is 69.9 cm³/mol. The van der Waals surface area contributed by atoms with Crippen LogP contribution in [0.3, 0.4) is 0 Å². The van der Waals surface area contributed by atoms with Crippen molar-refractivity contribution in [3.8, 4) is 0 Å². The third kappa shape index (κ3) is 3.29. The van der Waals surface area contributed by atoms with E-state index in [-0.39, 0.29) is 0 Å². The average molecular weight is 238 g/mol. The highest BCUT2D eigenvalue weighted by atomic mass is 32.1. The molecule has 0 saturated heterocycles. The Morgan fingerprint density at radius 3 is 2.75 bits per heavy atom. The summed E-state index contributed by atoms with van der Waals surface area (Å²) >= 11 is 1.77. The van der Waals surface area contributed by atoms with Crippen molar-refractivity contribution in [1.29, 1.82) is 0 Å². The lowest BCUT2D eigenvalue weighted by molar-refractivity contribution is 0.429. The van der Waals surface area contributed by atoms with Crippen molar-refractivity contribution in [1.82, 2.24) is 10.3 Å². The van der Waals surface area contributed by atoms with E-state index in [9.17, 15) is 0 Å². The Balaban J connectivity index is 1.80. The van der Waals surface area contributed by atoms with Gasteiger partial charge in [-0.2, -0.15) is 0 Å². The van der Waals surface area contributed by atoms with Crippen LogP contribution < -0.4 is 5.32 Å². The quantitative estimate of drug-likeness (QED) is 0.824. The van der Waals surface area contributed by atoms with Crippen LogP contribution in [0.4, 0.5) is 0 Å². The molecule has 1 saturated carbocycles. The van der Waals surface area contributed by atoms with Gasteiger partial charge in [-0.05, 0) is 44.1 Å². The fourth-order valence-electron chi connectivity index (χ4n) is 2.09. The van der Waals surface area contributed by atoms with E-state index in [0.717, 1.165) is 12.5 Å². The van der Waals surface area contributed by atoms with Gasteiger partial charge in [0, 0.05) is 11.9 Å². The number of thiazole rings is 1. The van der Waals surface area contributed by atoms with Gasteiger partial charge in [0.05, 0.1) is 10.7 Å². The smallest absolute Gasteiger partial charge is 0.0897 e. The zero-order valence-electron chi connectivity index (χ0n) is 10.5. The molecule has 0 amide bonds. The van der Waals surface area contributed by atoms with Crippen LogP contribution in [0.1, 0.15) is 37.4 Å². The predicted octanol–water partition coefficient (Wildman–Crippen LogP) is 3.02. The van der Waals surface area contributed by atoms with E-state index in [2.05, 4.69) is 36.5 Å². The molecule has 0 radical (unpaired) electrons. The molecular weight excluding hydrogens is 216 g/mol. The first-order chi connectivity index (χ1) is 7.60. The Hall–Kier alpha value is -0.410. The molecule has 2 rings (SSSR count). The lowest BCUT2D eigenvalue weighted by atomic mass is 10.0. The molecule has 0 aliphatic heterocycles. The molecule has 0 atom stereocenters. The Morgan fingerprint density at radius 2 is 2.25 bits per heavy atom. The SMILES string of the molecule is Cc1nc(CC2(CNCC(C)C)CC2)cs1. The third-order valence-electron chi connectivity index (χ3n) is 3.23. The molecule has 90 valence electrons. The lowest BCUT2D eigenvalue weighted by Gasteiger charge is -2.15. The molecule has 3 heteroatoms. The fourth-order valence-corrected chi connectivity index (χ4v) is 2.71. The fraction of sp³-hybridized carbons (Fsp3) is 0.769. The maximum absolute atomic E-state index is 4.57. The van der Waals surface area contributed by atoms with E-state index in [4.69, 9.17) is 0 Å². The van der Waals surface area contributed by atoms with Crippen molar-refractivity contribution in [2.24, 2.45) is 11.3 Å². The molecule has 16 heavy (non-hydrogen) atoms. The van der Waals surface area contributed by atoms with E-state index >= 15 is 0 Å². The molecule has 1 aliphatic carbocycles. The average Bonchev–Trinajstić information content (AvgIpc) is 2.82. The highest BCUT2D eigenvalue weighted by Gasteiger charge is 2.42. The molecule has 1 aromatic heterocycles. The molecule has 1 aromatic rings. The molecule has 0 spiro atoms. The Kier molecular flexibility index (Phi) is 3.65. The summed E-state index contributed by atoms with van der Waals surface area (Å²) in [4.78, 5) is 4.57. The monoisotopic (exact) mass is 238 g/mol. The number of hydrogen-bond acceptors (Lipinski definition) is 3. The van der Waals surface area contributed by atoms with Crippen LogP contribution in [0.15, 0.2) is 5.38 Å². The number of aryl methyl sites for hydroxylation is 1. The molecule has 2 nitrogen and oxygen atoms in total. The van der Waals surface area contributed by atoms with Crippen LogP contribution in [0.25, 0.3) is 0 Å². The topological polar surface area (TPSA) is 24.9 Å². The molecule has 1 heterocycles. The molecule has 0 aromatic carbocycles. The lowest BCUT2D eigenvalue weighted by Crippen LogP contribution is -2.28. The summed E-state index contributed by atoms with van der Waals surface area (Å²) in [7, 11) is 0. The van der Waals surface area contributed by atoms with Gasteiger partial charge in [-0.15, -0.1) is 11.3 Å². The summed E-state index contributed by atoms with van der Waals surface area (Å²) in [5.41, 5.74) is 1.83. The first kappa shape index (κ1) is 12.1. The van der Waals surface area contributed by atoms with Gasteiger partial charge in [0.1, 0.15) is 0 Å². The maximum Gasteiger partial charge on any atom is 0.0897 e. The van der Waals surface area contributed by atoms with Gasteiger partial charge in [0.2, 0.25) is 0 Å². The van der Waals surface area contributed by atoms with Crippen LogP contribution in [-0.2, 0) is 6.42 Å². The van der Waals surface area contributed by atoms with Gasteiger partial charge in [0.25, 0.3) is 0 Å². The van der Waals surface area contributed by atoms with Crippen LogP contribution in [-0.4, -0.2) is 18.1 Å². The summed E-state index contributed by atoms with van der Waals surface area (Å²) in [5.74, 6) is 0.748. The van der Waals surface area contributed by atoms with Crippen LogP contribution >= 0.6 is 11.3 Å². The number of nitrogens with one attached hydrogen (secondary N) is 1. The summed E-state index contributed by atoms with van der Waals surface area (Å²) in [6.07, 6.45) is 3.91. The molecule has 1 fully saturated rings.